The van der Waals surface area contributed by atoms with E-state index in [4.69, 9.17) is 4.74 Å². The molecule has 0 aliphatic carbocycles. The van der Waals surface area contributed by atoms with Crippen molar-refractivity contribution in [3.63, 3.8) is 0 Å². The standard InChI is InChI=1S/C25H26N4O5/c1-15-13-25(2,3)27(4)21-12-22(34-5)17(10-19(15)21)11-20-23(30)28(24(31)26-20)14-16-6-8-18(9-7-16)29(32)33/h6-13H,14H2,1-5H3,(H,26,31)/b20-11+. The number of nitrogens with one attached hydrogen (secondary N) is 1. The third-order valence-corrected chi connectivity index (χ3v) is 6.32. The third kappa shape index (κ3) is 4.00. The number of rotatable bonds is 5. The first-order valence-electron chi connectivity index (χ1n) is 10.8. The Bertz CT molecular complexity index is 1260. The molecular weight excluding hydrogens is 436 g/mol. The van der Waals surface area contributed by atoms with Gasteiger partial charge in [-0.1, -0.05) is 18.2 Å². The van der Waals surface area contributed by atoms with Gasteiger partial charge in [0.1, 0.15) is 11.4 Å². The number of nitro benzene ring substituents is 1. The molecule has 2 aromatic carbocycles. The Morgan fingerprint density at radius 1 is 1.18 bits per heavy atom. The molecule has 0 spiro atoms. The summed E-state index contributed by atoms with van der Waals surface area (Å²) in [6.07, 6.45) is 3.80. The summed E-state index contributed by atoms with van der Waals surface area (Å²) in [7, 11) is 3.59. The number of allylic oxidation sites excluding steroid dienone is 1. The van der Waals surface area contributed by atoms with Crippen molar-refractivity contribution in [1.82, 2.24) is 10.2 Å². The van der Waals surface area contributed by atoms with Gasteiger partial charge < -0.3 is 15.0 Å². The van der Waals surface area contributed by atoms with Gasteiger partial charge in [-0.15, -0.1) is 0 Å². The first kappa shape index (κ1) is 23.0. The molecular formula is C25H26N4O5. The molecule has 2 aliphatic heterocycles. The van der Waals surface area contributed by atoms with Crippen LogP contribution in [0.3, 0.4) is 0 Å². The van der Waals surface area contributed by atoms with Crippen LogP contribution < -0.4 is 15.0 Å². The molecule has 0 saturated carbocycles. The van der Waals surface area contributed by atoms with Gasteiger partial charge in [0, 0.05) is 42.1 Å². The zero-order valence-electron chi connectivity index (χ0n) is 19.7. The summed E-state index contributed by atoms with van der Waals surface area (Å²) in [5.74, 6) is 0.105. The molecule has 2 aromatic rings. The van der Waals surface area contributed by atoms with Crippen molar-refractivity contribution in [3.05, 3.63) is 75.0 Å². The lowest BCUT2D eigenvalue weighted by atomic mass is 9.88. The van der Waals surface area contributed by atoms with E-state index in [1.165, 1.54) is 24.3 Å². The number of urea groups is 1. The van der Waals surface area contributed by atoms with Gasteiger partial charge in [0.25, 0.3) is 11.6 Å². The molecule has 4 rings (SSSR count). The summed E-state index contributed by atoms with van der Waals surface area (Å²) in [5, 5.41) is 13.5. The van der Waals surface area contributed by atoms with Crippen molar-refractivity contribution in [2.24, 2.45) is 0 Å². The van der Waals surface area contributed by atoms with Crippen LogP contribution in [-0.4, -0.2) is 41.5 Å². The molecule has 1 N–H and O–H groups in total. The number of ether oxygens (including phenoxy) is 1. The Morgan fingerprint density at radius 2 is 1.85 bits per heavy atom. The minimum absolute atomic E-state index is 0.00302. The summed E-state index contributed by atoms with van der Waals surface area (Å²) in [6, 6.07) is 9.09. The fourth-order valence-corrected chi connectivity index (χ4v) is 4.26. The van der Waals surface area contributed by atoms with Crippen LogP contribution in [0.15, 0.2) is 48.2 Å². The lowest BCUT2D eigenvalue weighted by Crippen LogP contribution is -2.42. The van der Waals surface area contributed by atoms with Crippen LogP contribution in [0.25, 0.3) is 11.6 Å². The van der Waals surface area contributed by atoms with Crippen molar-refractivity contribution in [3.8, 4) is 5.75 Å². The van der Waals surface area contributed by atoms with E-state index in [1.54, 1.807) is 13.2 Å². The number of carbonyl (C=O) groups is 2. The van der Waals surface area contributed by atoms with E-state index in [9.17, 15) is 19.7 Å². The minimum Gasteiger partial charge on any atom is -0.496 e. The Balaban J connectivity index is 1.64. The number of amides is 3. The van der Waals surface area contributed by atoms with Crippen molar-refractivity contribution < 1.29 is 19.2 Å². The van der Waals surface area contributed by atoms with Crippen LogP contribution in [-0.2, 0) is 11.3 Å². The molecule has 3 amide bonds. The van der Waals surface area contributed by atoms with Crippen LogP contribution >= 0.6 is 0 Å². The number of benzene rings is 2. The molecule has 2 aliphatic rings. The molecule has 176 valence electrons. The maximum atomic E-state index is 13.0. The minimum atomic E-state index is -0.552. The molecule has 0 bridgehead atoms. The topological polar surface area (TPSA) is 105 Å². The van der Waals surface area contributed by atoms with E-state index in [0.717, 1.165) is 21.7 Å². The van der Waals surface area contributed by atoms with E-state index in [1.807, 2.05) is 26.1 Å². The van der Waals surface area contributed by atoms with E-state index >= 15 is 0 Å². The van der Waals surface area contributed by atoms with Gasteiger partial charge in [0.05, 0.1) is 24.1 Å². The summed E-state index contributed by atoms with van der Waals surface area (Å²) in [5.41, 5.74) is 4.35. The monoisotopic (exact) mass is 462 g/mol. The molecule has 0 unspecified atom stereocenters. The molecule has 2 heterocycles. The Hall–Kier alpha value is -4.14. The lowest BCUT2D eigenvalue weighted by Gasteiger charge is -2.41. The second-order valence-electron chi connectivity index (χ2n) is 8.95. The summed E-state index contributed by atoms with van der Waals surface area (Å²) < 4.78 is 5.61. The molecule has 34 heavy (non-hydrogen) atoms. The molecule has 0 aromatic heterocycles. The van der Waals surface area contributed by atoms with Gasteiger partial charge in [-0.2, -0.15) is 0 Å². The van der Waals surface area contributed by atoms with Crippen LogP contribution in [0.1, 0.15) is 37.5 Å². The Morgan fingerprint density at radius 3 is 2.47 bits per heavy atom. The van der Waals surface area contributed by atoms with E-state index in [0.29, 0.717) is 16.9 Å². The average Bonchev–Trinajstić information content (AvgIpc) is 3.04. The fourth-order valence-electron chi connectivity index (χ4n) is 4.26. The average molecular weight is 463 g/mol. The highest BCUT2D eigenvalue weighted by molar-refractivity contribution is 6.14. The lowest BCUT2D eigenvalue weighted by molar-refractivity contribution is -0.384. The quantitative estimate of drug-likeness (QED) is 0.307. The smallest absolute Gasteiger partial charge is 0.329 e. The Labute approximate surface area is 197 Å². The molecule has 0 radical (unpaired) electrons. The molecule has 1 saturated heterocycles. The van der Waals surface area contributed by atoms with Crippen LogP contribution in [0.2, 0.25) is 0 Å². The number of non-ortho nitro benzene ring substituents is 1. The number of carbonyl (C=O) groups excluding carboxylic acids is 2. The van der Waals surface area contributed by atoms with Gasteiger partial charge in [0.15, 0.2) is 0 Å². The molecule has 1 fully saturated rings. The van der Waals surface area contributed by atoms with Gasteiger partial charge in [-0.25, -0.2) is 4.79 Å². The Kier molecular flexibility index (Phi) is 5.64. The van der Waals surface area contributed by atoms with Crippen molar-refractivity contribution >= 4 is 35.0 Å². The van der Waals surface area contributed by atoms with Crippen LogP contribution in [0.5, 0.6) is 5.75 Å². The number of anilines is 1. The predicted octanol–water partition coefficient (Wildman–Crippen LogP) is 4.33. The van der Waals surface area contributed by atoms with Crippen molar-refractivity contribution in [2.45, 2.75) is 32.9 Å². The highest BCUT2D eigenvalue weighted by atomic mass is 16.6. The van der Waals surface area contributed by atoms with E-state index in [2.05, 4.69) is 30.1 Å². The number of nitro groups is 1. The maximum absolute atomic E-state index is 13.0. The summed E-state index contributed by atoms with van der Waals surface area (Å²) in [6.45, 7) is 6.32. The van der Waals surface area contributed by atoms with Gasteiger partial charge >= 0.3 is 6.03 Å². The van der Waals surface area contributed by atoms with E-state index in [-0.39, 0.29) is 23.5 Å². The largest absolute Gasteiger partial charge is 0.496 e. The first-order chi connectivity index (χ1) is 16.0. The zero-order chi connectivity index (χ0) is 24.8. The first-order valence-corrected chi connectivity index (χ1v) is 10.8. The number of nitrogens with zero attached hydrogens (tertiary/aromatic N) is 3. The van der Waals surface area contributed by atoms with E-state index < -0.39 is 16.9 Å². The highest BCUT2D eigenvalue weighted by Crippen LogP contribution is 2.41. The molecule has 9 nitrogen and oxygen atoms in total. The molecule has 0 atom stereocenters. The SMILES string of the molecule is COc1cc2c(cc1/C=C1/NC(=O)N(Cc3ccc([N+](=O)[O-])cc3)C1=O)C(C)=CC(C)(C)N2C. The third-order valence-electron chi connectivity index (χ3n) is 6.32. The van der Waals surface area contributed by atoms with Crippen molar-refractivity contribution in [1.29, 1.82) is 0 Å². The van der Waals surface area contributed by atoms with Crippen molar-refractivity contribution in [2.75, 3.05) is 19.1 Å². The highest BCUT2D eigenvalue weighted by Gasteiger charge is 2.34. The van der Waals surface area contributed by atoms with Crippen LogP contribution in [0, 0.1) is 10.1 Å². The fraction of sp³-hybridized carbons (Fsp3) is 0.280. The maximum Gasteiger partial charge on any atom is 0.329 e. The number of hydrogen-bond donors (Lipinski definition) is 1. The second-order valence-corrected chi connectivity index (χ2v) is 8.95. The predicted molar refractivity (Wildman–Crippen MR) is 129 cm³/mol. The zero-order valence-corrected chi connectivity index (χ0v) is 19.7. The van der Waals surface area contributed by atoms with Gasteiger partial charge in [0.2, 0.25) is 0 Å². The summed E-state index contributed by atoms with van der Waals surface area (Å²) >= 11 is 0. The van der Waals surface area contributed by atoms with Gasteiger partial charge in [-0.3, -0.25) is 19.8 Å². The van der Waals surface area contributed by atoms with Gasteiger partial charge in [-0.05, 0) is 44.1 Å². The normalized spacial score (nSPS) is 18.0. The summed E-state index contributed by atoms with van der Waals surface area (Å²) in [4.78, 5) is 39.1. The number of hydrogen-bond acceptors (Lipinski definition) is 6. The number of likely N-dealkylation sites (N-methyl/N-ethyl adjacent to an activating group) is 1. The molecule has 9 heteroatoms. The number of methoxy groups -OCH3 is 1. The number of imide groups is 1. The second kappa shape index (κ2) is 8.33. The van der Waals surface area contributed by atoms with Crippen LogP contribution in [0.4, 0.5) is 16.2 Å². The number of fused-ring (bicyclic) bond motifs is 1.